The predicted octanol–water partition coefficient (Wildman–Crippen LogP) is 2.30. The lowest BCUT2D eigenvalue weighted by molar-refractivity contribution is -0.00416. The van der Waals surface area contributed by atoms with Crippen LogP contribution in [0.15, 0.2) is 17.0 Å². The molecule has 20 heavy (non-hydrogen) atoms. The number of aliphatic hydroxyl groups excluding tert-OH is 1. The molecule has 2 fully saturated rings. The molecule has 1 aromatic rings. The van der Waals surface area contributed by atoms with Gasteiger partial charge in [0, 0.05) is 19.0 Å². The molecule has 1 saturated carbocycles. The molecule has 1 heterocycles. The summed E-state index contributed by atoms with van der Waals surface area (Å²) in [7, 11) is -3.58. The smallest absolute Gasteiger partial charge is 0.243 e. The zero-order valence-electron chi connectivity index (χ0n) is 10.9. The van der Waals surface area contributed by atoms with Gasteiger partial charge in [-0.05, 0) is 37.0 Å². The molecule has 0 radical (unpaired) electrons. The number of aliphatic hydroxyl groups is 1. The van der Waals surface area contributed by atoms with Crippen LogP contribution in [0.2, 0.25) is 10.0 Å². The van der Waals surface area contributed by atoms with Crippen molar-refractivity contribution in [3.05, 3.63) is 27.7 Å². The van der Waals surface area contributed by atoms with Gasteiger partial charge < -0.3 is 5.11 Å². The first kappa shape index (κ1) is 14.6. The first-order valence-electron chi connectivity index (χ1n) is 6.44. The number of aryl methyl sites for hydroxylation is 1. The molecule has 0 bridgehead atoms. The Balaban J connectivity index is 1.95. The molecule has 0 aromatic heterocycles. The second-order valence-electron chi connectivity index (χ2n) is 5.58. The predicted molar refractivity (Wildman–Crippen MR) is 77.6 cm³/mol. The molecule has 1 saturated heterocycles. The molecule has 1 aliphatic carbocycles. The quantitative estimate of drug-likeness (QED) is 0.902. The van der Waals surface area contributed by atoms with Gasteiger partial charge >= 0.3 is 0 Å². The third-order valence-electron chi connectivity index (χ3n) is 4.33. The van der Waals surface area contributed by atoms with Crippen LogP contribution in [0.1, 0.15) is 12.0 Å². The number of hydrogen-bond donors (Lipinski definition) is 1. The van der Waals surface area contributed by atoms with Gasteiger partial charge in [0.15, 0.2) is 0 Å². The Labute approximate surface area is 128 Å². The van der Waals surface area contributed by atoms with Crippen molar-refractivity contribution in [3.8, 4) is 0 Å². The Morgan fingerprint density at radius 2 is 1.90 bits per heavy atom. The van der Waals surface area contributed by atoms with Gasteiger partial charge in [-0.15, -0.1) is 0 Å². The van der Waals surface area contributed by atoms with Crippen molar-refractivity contribution in [2.24, 2.45) is 11.8 Å². The molecule has 1 aromatic carbocycles. The van der Waals surface area contributed by atoms with Gasteiger partial charge in [-0.3, -0.25) is 0 Å². The van der Waals surface area contributed by atoms with E-state index in [1.165, 1.54) is 10.4 Å². The highest BCUT2D eigenvalue weighted by atomic mass is 35.5. The Kier molecular flexibility index (Phi) is 3.54. The fraction of sp³-hybridized carbons (Fsp3) is 0.538. The molecule has 0 amide bonds. The van der Waals surface area contributed by atoms with Gasteiger partial charge in [0.2, 0.25) is 10.0 Å². The number of halogens is 2. The van der Waals surface area contributed by atoms with Gasteiger partial charge in [0.05, 0.1) is 21.0 Å². The normalized spacial score (nSPS) is 30.1. The molecule has 2 aliphatic rings. The van der Waals surface area contributed by atoms with Crippen LogP contribution in [-0.2, 0) is 10.0 Å². The molecule has 3 atom stereocenters. The Bertz CT molecular complexity index is 662. The summed E-state index contributed by atoms with van der Waals surface area (Å²) >= 11 is 11.8. The number of fused-ring (bicyclic) bond motifs is 1. The molecular formula is C13H15Cl2NO3S. The third-order valence-corrected chi connectivity index (χ3v) is 7.03. The van der Waals surface area contributed by atoms with Crippen molar-refractivity contribution >= 4 is 33.2 Å². The topological polar surface area (TPSA) is 57.6 Å². The van der Waals surface area contributed by atoms with E-state index >= 15 is 0 Å². The van der Waals surface area contributed by atoms with Gasteiger partial charge in [0.25, 0.3) is 0 Å². The zero-order chi connectivity index (χ0) is 14.7. The first-order valence-corrected chi connectivity index (χ1v) is 8.64. The summed E-state index contributed by atoms with van der Waals surface area (Å²) < 4.78 is 26.8. The molecule has 3 rings (SSSR count). The molecule has 1 aliphatic heterocycles. The number of benzene rings is 1. The maximum atomic E-state index is 12.7. The van der Waals surface area contributed by atoms with E-state index in [0.717, 1.165) is 0 Å². The fourth-order valence-electron chi connectivity index (χ4n) is 3.07. The Morgan fingerprint density at radius 1 is 1.25 bits per heavy atom. The Morgan fingerprint density at radius 3 is 2.50 bits per heavy atom. The number of hydrogen-bond acceptors (Lipinski definition) is 3. The minimum atomic E-state index is -3.58. The third kappa shape index (κ3) is 2.16. The van der Waals surface area contributed by atoms with Crippen molar-refractivity contribution < 1.29 is 13.5 Å². The molecule has 0 spiro atoms. The van der Waals surface area contributed by atoms with Crippen LogP contribution in [0.5, 0.6) is 0 Å². The molecule has 110 valence electrons. The summed E-state index contributed by atoms with van der Waals surface area (Å²) in [6.07, 6.45) is 0.326. The first-order chi connectivity index (χ1) is 9.30. The second-order valence-corrected chi connectivity index (χ2v) is 8.30. The largest absolute Gasteiger partial charge is 0.393 e. The zero-order valence-corrected chi connectivity index (χ0v) is 13.2. The van der Waals surface area contributed by atoms with Crippen LogP contribution in [-0.4, -0.2) is 37.0 Å². The minimum absolute atomic E-state index is 0.0767. The maximum Gasteiger partial charge on any atom is 0.243 e. The number of nitrogens with zero attached hydrogens (tertiary/aromatic N) is 1. The van der Waals surface area contributed by atoms with E-state index in [4.69, 9.17) is 23.2 Å². The van der Waals surface area contributed by atoms with E-state index in [1.807, 2.05) is 0 Å². The number of sulfonamides is 1. The van der Waals surface area contributed by atoms with E-state index in [-0.39, 0.29) is 27.9 Å². The van der Waals surface area contributed by atoms with Crippen molar-refractivity contribution in [3.63, 3.8) is 0 Å². The Hall–Kier alpha value is -0.330. The van der Waals surface area contributed by atoms with E-state index in [1.54, 1.807) is 13.0 Å². The average molecular weight is 336 g/mol. The van der Waals surface area contributed by atoms with E-state index in [2.05, 4.69) is 0 Å². The van der Waals surface area contributed by atoms with Crippen LogP contribution < -0.4 is 0 Å². The number of rotatable bonds is 2. The summed E-state index contributed by atoms with van der Waals surface area (Å²) in [5.74, 6) is 0.357. The van der Waals surface area contributed by atoms with Crippen LogP contribution in [0.3, 0.4) is 0 Å². The van der Waals surface area contributed by atoms with Crippen molar-refractivity contribution in [1.29, 1.82) is 0 Å². The minimum Gasteiger partial charge on any atom is -0.393 e. The van der Waals surface area contributed by atoms with Gasteiger partial charge in [-0.1, -0.05) is 23.2 Å². The highest BCUT2D eigenvalue weighted by Gasteiger charge is 2.49. The van der Waals surface area contributed by atoms with E-state index < -0.39 is 10.0 Å². The van der Waals surface area contributed by atoms with Crippen molar-refractivity contribution in [2.75, 3.05) is 13.1 Å². The molecule has 0 unspecified atom stereocenters. The van der Waals surface area contributed by atoms with E-state index in [9.17, 15) is 13.5 Å². The van der Waals surface area contributed by atoms with Gasteiger partial charge in [-0.2, -0.15) is 4.31 Å². The van der Waals surface area contributed by atoms with Crippen LogP contribution in [0, 0.1) is 18.8 Å². The van der Waals surface area contributed by atoms with Crippen LogP contribution in [0.25, 0.3) is 0 Å². The lowest BCUT2D eigenvalue weighted by Gasteiger charge is -2.34. The van der Waals surface area contributed by atoms with Crippen molar-refractivity contribution in [1.82, 2.24) is 4.31 Å². The van der Waals surface area contributed by atoms with E-state index in [0.29, 0.717) is 30.1 Å². The van der Waals surface area contributed by atoms with Crippen LogP contribution >= 0.6 is 23.2 Å². The van der Waals surface area contributed by atoms with Crippen LogP contribution in [0.4, 0.5) is 0 Å². The lowest BCUT2D eigenvalue weighted by Crippen LogP contribution is -2.39. The second kappa shape index (κ2) is 4.85. The SMILES string of the molecule is Cc1cc(Cl)c(Cl)cc1S(=O)(=O)N1C[C@H]2C[C@@H](O)[C@H]2C1. The summed E-state index contributed by atoms with van der Waals surface area (Å²) in [5, 5.41) is 10.2. The molecular weight excluding hydrogens is 321 g/mol. The maximum absolute atomic E-state index is 12.7. The fourth-order valence-corrected chi connectivity index (χ4v) is 5.28. The summed E-state index contributed by atoms with van der Waals surface area (Å²) in [4.78, 5) is 0.197. The van der Waals surface area contributed by atoms with Gasteiger partial charge in [0.1, 0.15) is 0 Å². The highest BCUT2D eigenvalue weighted by molar-refractivity contribution is 7.89. The molecule has 1 N–H and O–H groups in total. The summed E-state index contributed by atoms with van der Waals surface area (Å²) in [6.45, 7) is 2.56. The average Bonchev–Trinajstić information content (AvgIpc) is 2.71. The van der Waals surface area contributed by atoms with Crippen molar-refractivity contribution in [2.45, 2.75) is 24.3 Å². The highest BCUT2D eigenvalue weighted by Crippen LogP contribution is 2.43. The molecule has 7 heteroatoms. The lowest BCUT2D eigenvalue weighted by atomic mass is 9.74. The standard InChI is InChI=1S/C13H15Cl2NO3S/c1-7-2-10(14)11(15)4-13(7)20(18,19)16-5-8-3-12(17)9(8)6-16/h2,4,8-9,12,17H,3,5-6H2,1H3/t8-,9+,12-/m1/s1. The molecule has 4 nitrogen and oxygen atoms in total. The monoisotopic (exact) mass is 335 g/mol. The summed E-state index contributed by atoms with van der Waals surface area (Å²) in [6, 6.07) is 2.97. The van der Waals surface area contributed by atoms with Gasteiger partial charge in [-0.25, -0.2) is 8.42 Å². The summed E-state index contributed by atoms with van der Waals surface area (Å²) in [5.41, 5.74) is 0.583.